The van der Waals surface area contributed by atoms with E-state index in [2.05, 4.69) is 31.3 Å². The Morgan fingerprint density at radius 1 is 1.15 bits per heavy atom. The molecule has 0 saturated carbocycles. The van der Waals surface area contributed by atoms with Gasteiger partial charge in [-0.3, -0.25) is 0 Å². The minimum atomic E-state index is 0.0652. The van der Waals surface area contributed by atoms with Crippen LogP contribution in [0.2, 0.25) is 0 Å². The van der Waals surface area contributed by atoms with E-state index in [9.17, 15) is 0 Å². The lowest BCUT2D eigenvalue weighted by atomic mass is 10.1. The second kappa shape index (κ2) is 5.60. The van der Waals surface area contributed by atoms with Crippen LogP contribution >= 0.6 is 15.9 Å². The molecule has 0 amide bonds. The Balaban J connectivity index is 1.74. The van der Waals surface area contributed by atoms with Crippen molar-refractivity contribution in [2.75, 3.05) is 5.32 Å². The van der Waals surface area contributed by atoms with E-state index >= 15 is 0 Å². The van der Waals surface area contributed by atoms with Gasteiger partial charge >= 0.3 is 0 Å². The molecule has 0 bridgehead atoms. The van der Waals surface area contributed by atoms with Gasteiger partial charge in [-0.25, -0.2) is 4.52 Å². The number of hydrogen-bond donors (Lipinski definition) is 2. The molecule has 2 heterocycles. The van der Waals surface area contributed by atoms with Crippen LogP contribution in [0.4, 0.5) is 5.95 Å². The highest BCUT2D eigenvalue weighted by Gasteiger charge is 2.05. The lowest BCUT2D eigenvalue weighted by molar-refractivity contribution is 0.282. The van der Waals surface area contributed by atoms with Crippen molar-refractivity contribution in [3.05, 3.63) is 58.2 Å². The Morgan fingerprint density at radius 2 is 1.90 bits per heavy atom. The highest BCUT2D eigenvalue weighted by Crippen LogP contribution is 2.17. The molecule has 0 saturated heterocycles. The predicted molar refractivity (Wildman–Crippen MR) is 80.4 cm³/mol. The molecule has 0 unspecified atom stereocenters. The number of aliphatic hydroxyl groups excluding tert-OH is 1. The Kier molecular flexibility index (Phi) is 3.66. The number of fused-ring (bicyclic) bond motifs is 1. The van der Waals surface area contributed by atoms with Gasteiger partial charge in [0.2, 0.25) is 5.95 Å². The third-order valence-corrected chi connectivity index (χ3v) is 3.59. The van der Waals surface area contributed by atoms with Crippen molar-refractivity contribution >= 4 is 27.5 Å². The molecule has 2 aromatic heterocycles. The van der Waals surface area contributed by atoms with E-state index in [1.165, 1.54) is 0 Å². The summed E-state index contributed by atoms with van der Waals surface area (Å²) in [5, 5.41) is 16.5. The summed E-state index contributed by atoms with van der Waals surface area (Å²) in [6, 6.07) is 11.6. The quantitative estimate of drug-likeness (QED) is 0.770. The molecule has 0 spiro atoms. The van der Waals surface area contributed by atoms with Crippen LogP contribution < -0.4 is 5.32 Å². The lowest BCUT2D eigenvalue weighted by Crippen LogP contribution is -2.01. The highest BCUT2D eigenvalue weighted by atomic mass is 79.9. The molecule has 6 heteroatoms. The van der Waals surface area contributed by atoms with E-state index in [0.29, 0.717) is 12.5 Å². The summed E-state index contributed by atoms with van der Waals surface area (Å²) in [6.07, 6.45) is 1.86. The molecule has 0 aliphatic carbocycles. The van der Waals surface area contributed by atoms with Crippen molar-refractivity contribution in [2.45, 2.75) is 13.2 Å². The lowest BCUT2D eigenvalue weighted by Gasteiger charge is -2.03. The summed E-state index contributed by atoms with van der Waals surface area (Å²) in [5.41, 5.74) is 2.80. The molecule has 5 nitrogen and oxygen atoms in total. The summed E-state index contributed by atoms with van der Waals surface area (Å²) < 4.78 is 2.63. The van der Waals surface area contributed by atoms with Crippen LogP contribution in [0.1, 0.15) is 11.1 Å². The van der Waals surface area contributed by atoms with Gasteiger partial charge in [-0.1, -0.05) is 24.3 Å². The van der Waals surface area contributed by atoms with Crippen LogP contribution in [0.3, 0.4) is 0 Å². The highest BCUT2D eigenvalue weighted by molar-refractivity contribution is 9.10. The average molecular weight is 333 g/mol. The van der Waals surface area contributed by atoms with Gasteiger partial charge in [0.05, 0.1) is 11.1 Å². The number of aromatic nitrogens is 3. The van der Waals surface area contributed by atoms with Gasteiger partial charge in [0.25, 0.3) is 0 Å². The van der Waals surface area contributed by atoms with Crippen molar-refractivity contribution in [1.82, 2.24) is 14.6 Å². The van der Waals surface area contributed by atoms with Crippen molar-refractivity contribution in [1.29, 1.82) is 0 Å². The molecule has 102 valence electrons. The molecular formula is C14H13BrN4O. The molecule has 2 N–H and O–H groups in total. The van der Waals surface area contributed by atoms with Gasteiger partial charge in [-0.05, 0) is 39.2 Å². The summed E-state index contributed by atoms with van der Waals surface area (Å²) in [6.45, 7) is 0.704. The second-order valence-electron chi connectivity index (χ2n) is 4.39. The Bertz CT molecular complexity index is 724. The summed E-state index contributed by atoms with van der Waals surface area (Å²) in [5.74, 6) is 0.586. The first-order valence-electron chi connectivity index (χ1n) is 6.20. The smallest absolute Gasteiger partial charge is 0.243 e. The van der Waals surface area contributed by atoms with Crippen molar-refractivity contribution < 1.29 is 5.11 Å². The fourth-order valence-electron chi connectivity index (χ4n) is 1.89. The molecule has 20 heavy (non-hydrogen) atoms. The third kappa shape index (κ3) is 2.66. The molecule has 0 aliphatic rings. The minimum Gasteiger partial charge on any atom is -0.392 e. The summed E-state index contributed by atoms with van der Waals surface area (Å²) in [7, 11) is 0. The van der Waals surface area contributed by atoms with Crippen LogP contribution in [-0.2, 0) is 13.2 Å². The number of benzene rings is 1. The summed E-state index contributed by atoms with van der Waals surface area (Å²) in [4.78, 5) is 4.41. The molecule has 3 aromatic rings. The van der Waals surface area contributed by atoms with E-state index < -0.39 is 0 Å². The maximum atomic E-state index is 9.00. The van der Waals surface area contributed by atoms with E-state index in [-0.39, 0.29) is 6.61 Å². The first-order valence-corrected chi connectivity index (χ1v) is 6.99. The number of hydrogen-bond acceptors (Lipinski definition) is 4. The minimum absolute atomic E-state index is 0.0652. The maximum Gasteiger partial charge on any atom is 0.243 e. The van der Waals surface area contributed by atoms with Gasteiger partial charge in [0.1, 0.15) is 0 Å². The Morgan fingerprint density at radius 3 is 2.60 bits per heavy atom. The zero-order valence-corrected chi connectivity index (χ0v) is 12.2. The van der Waals surface area contributed by atoms with E-state index in [1.54, 1.807) is 4.52 Å². The van der Waals surface area contributed by atoms with Crippen molar-refractivity contribution in [2.24, 2.45) is 0 Å². The first kappa shape index (κ1) is 13.1. The molecule has 0 radical (unpaired) electrons. The number of nitrogens with zero attached hydrogens (tertiary/aromatic N) is 3. The molecule has 0 fully saturated rings. The van der Waals surface area contributed by atoms with Crippen LogP contribution in [0.25, 0.3) is 5.65 Å². The Labute approximate surface area is 124 Å². The van der Waals surface area contributed by atoms with Crippen LogP contribution in [0.15, 0.2) is 47.1 Å². The Hall–Kier alpha value is -1.92. The van der Waals surface area contributed by atoms with Crippen molar-refractivity contribution in [3.63, 3.8) is 0 Å². The van der Waals surface area contributed by atoms with Gasteiger partial charge in [0.15, 0.2) is 5.65 Å². The fraction of sp³-hybridized carbons (Fsp3) is 0.143. The number of rotatable bonds is 4. The van der Waals surface area contributed by atoms with E-state index in [1.807, 2.05) is 42.6 Å². The average Bonchev–Trinajstić information content (AvgIpc) is 2.90. The third-order valence-electron chi connectivity index (χ3n) is 2.97. The fourth-order valence-corrected chi connectivity index (χ4v) is 2.32. The number of pyridine rings is 1. The monoisotopic (exact) mass is 332 g/mol. The SMILES string of the molecule is OCc1ccc(CNc2nc3c(Br)cccn3n2)cc1. The van der Waals surface area contributed by atoms with Crippen LogP contribution in [-0.4, -0.2) is 19.7 Å². The largest absolute Gasteiger partial charge is 0.392 e. The number of nitrogens with one attached hydrogen (secondary N) is 1. The molecule has 0 atom stereocenters. The normalized spacial score (nSPS) is 10.9. The molecule has 3 rings (SSSR count). The predicted octanol–water partition coefficient (Wildman–Crippen LogP) is 2.60. The standard InChI is InChI=1S/C14H13BrN4O/c15-12-2-1-7-19-13(12)17-14(18-19)16-8-10-3-5-11(9-20)6-4-10/h1-7,20H,8-9H2,(H,16,18). The van der Waals surface area contributed by atoms with Gasteiger partial charge in [0, 0.05) is 12.7 Å². The zero-order chi connectivity index (χ0) is 13.9. The molecular weight excluding hydrogens is 320 g/mol. The van der Waals surface area contributed by atoms with E-state index in [0.717, 1.165) is 21.2 Å². The first-order chi connectivity index (χ1) is 9.76. The number of halogens is 1. The van der Waals surface area contributed by atoms with Gasteiger partial charge in [-0.2, -0.15) is 4.98 Å². The molecule has 0 aliphatic heterocycles. The number of aliphatic hydroxyl groups is 1. The number of anilines is 1. The second-order valence-corrected chi connectivity index (χ2v) is 5.24. The van der Waals surface area contributed by atoms with Crippen LogP contribution in [0, 0.1) is 0 Å². The van der Waals surface area contributed by atoms with Crippen molar-refractivity contribution in [3.8, 4) is 0 Å². The van der Waals surface area contributed by atoms with Gasteiger partial charge < -0.3 is 10.4 Å². The molecule has 1 aromatic carbocycles. The maximum absolute atomic E-state index is 9.00. The van der Waals surface area contributed by atoms with E-state index in [4.69, 9.17) is 5.11 Å². The van der Waals surface area contributed by atoms with Gasteiger partial charge in [-0.15, -0.1) is 5.10 Å². The van der Waals surface area contributed by atoms with Crippen LogP contribution in [0.5, 0.6) is 0 Å². The zero-order valence-electron chi connectivity index (χ0n) is 10.6. The topological polar surface area (TPSA) is 62.5 Å². The summed E-state index contributed by atoms with van der Waals surface area (Å²) >= 11 is 3.45.